The molecule has 4 heteroatoms. The van der Waals surface area contributed by atoms with E-state index in [1.807, 2.05) is 19.2 Å². The molecule has 1 saturated heterocycles. The number of hydrogen-bond donors (Lipinski definition) is 1. The first-order valence-electron chi connectivity index (χ1n) is 7.08. The molecule has 3 unspecified atom stereocenters. The molecule has 0 saturated carbocycles. The second kappa shape index (κ2) is 4.48. The van der Waals surface area contributed by atoms with Crippen LogP contribution in [0.5, 0.6) is 5.75 Å². The van der Waals surface area contributed by atoms with Crippen LogP contribution in [0.4, 0.5) is 0 Å². The quantitative estimate of drug-likeness (QED) is 0.896. The van der Waals surface area contributed by atoms with Gasteiger partial charge >= 0.3 is 5.97 Å². The van der Waals surface area contributed by atoms with E-state index in [1.54, 1.807) is 7.11 Å². The van der Waals surface area contributed by atoms with E-state index < -0.39 is 5.97 Å². The summed E-state index contributed by atoms with van der Waals surface area (Å²) in [6.07, 6.45) is 1.68. The lowest BCUT2D eigenvalue weighted by Crippen LogP contribution is -2.60. The molecular weight excluding hydrogens is 254 g/mol. The number of carboxylic acids is 1. The van der Waals surface area contributed by atoms with Crippen molar-refractivity contribution < 1.29 is 14.6 Å². The number of nitrogens with zero attached hydrogens (tertiary/aromatic N) is 1. The van der Waals surface area contributed by atoms with Gasteiger partial charge in [0.25, 0.3) is 0 Å². The molecule has 1 aromatic rings. The summed E-state index contributed by atoms with van der Waals surface area (Å²) in [4.78, 5) is 14.0. The Balaban J connectivity index is 2.17. The van der Waals surface area contributed by atoms with Crippen molar-refractivity contribution in [1.82, 2.24) is 4.90 Å². The molecule has 3 rings (SSSR count). The highest BCUT2D eigenvalue weighted by molar-refractivity contribution is 5.75. The number of carboxylic acid groups (broad SMARTS) is 1. The Morgan fingerprint density at radius 1 is 1.50 bits per heavy atom. The largest absolute Gasteiger partial charge is 0.497 e. The molecular formula is C16H21NO3. The van der Waals surface area contributed by atoms with E-state index in [1.165, 1.54) is 5.56 Å². The lowest BCUT2D eigenvalue weighted by Gasteiger charge is -2.52. The van der Waals surface area contributed by atoms with E-state index >= 15 is 0 Å². The summed E-state index contributed by atoms with van der Waals surface area (Å²) in [5.74, 6) is -0.218. The normalized spacial score (nSPS) is 32.5. The van der Waals surface area contributed by atoms with Gasteiger partial charge in [-0.15, -0.1) is 0 Å². The predicted molar refractivity (Wildman–Crippen MR) is 76.2 cm³/mol. The van der Waals surface area contributed by atoms with Gasteiger partial charge in [0.2, 0.25) is 0 Å². The van der Waals surface area contributed by atoms with E-state index in [-0.39, 0.29) is 17.4 Å². The molecule has 1 fully saturated rings. The summed E-state index contributed by atoms with van der Waals surface area (Å²) in [6.45, 7) is 3.05. The molecule has 1 aliphatic heterocycles. The standard InChI is InChI=1S/C16H21NO3/c1-16-6-7-17(2)13(14(16)15(18)19)8-10-4-5-11(20-3)9-12(10)16/h4-5,9,13-14H,6-8H2,1-3H3,(H,18,19). The highest BCUT2D eigenvalue weighted by Crippen LogP contribution is 2.49. The Kier molecular flexibility index (Phi) is 3.01. The molecule has 20 heavy (non-hydrogen) atoms. The van der Waals surface area contributed by atoms with Crippen LogP contribution >= 0.6 is 0 Å². The first kappa shape index (κ1) is 13.4. The van der Waals surface area contributed by atoms with Gasteiger partial charge in [-0.25, -0.2) is 0 Å². The molecule has 108 valence electrons. The van der Waals surface area contributed by atoms with E-state index in [9.17, 15) is 9.90 Å². The molecule has 1 aromatic carbocycles. The van der Waals surface area contributed by atoms with Gasteiger partial charge in [-0.1, -0.05) is 13.0 Å². The van der Waals surface area contributed by atoms with Crippen LogP contribution in [0, 0.1) is 5.92 Å². The third-order valence-electron chi connectivity index (χ3n) is 5.25. The van der Waals surface area contributed by atoms with Gasteiger partial charge in [0, 0.05) is 11.5 Å². The maximum Gasteiger partial charge on any atom is 0.309 e. The molecule has 1 aliphatic carbocycles. The van der Waals surface area contributed by atoms with Crippen LogP contribution in [0.2, 0.25) is 0 Å². The number of aliphatic carboxylic acids is 1. The second-order valence-electron chi connectivity index (χ2n) is 6.26. The lowest BCUT2D eigenvalue weighted by atomic mass is 9.58. The van der Waals surface area contributed by atoms with Crippen LogP contribution in [0.25, 0.3) is 0 Å². The topological polar surface area (TPSA) is 49.8 Å². The summed E-state index contributed by atoms with van der Waals surface area (Å²) in [5, 5.41) is 9.72. The molecule has 0 amide bonds. The smallest absolute Gasteiger partial charge is 0.309 e. The number of likely N-dealkylation sites (tertiary alicyclic amines) is 1. The van der Waals surface area contributed by atoms with Crippen molar-refractivity contribution in [2.45, 2.75) is 31.2 Å². The molecule has 0 radical (unpaired) electrons. The highest BCUT2D eigenvalue weighted by atomic mass is 16.5. The Labute approximate surface area is 119 Å². The maximum absolute atomic E-state index is 11.8. The van der Waals surface area contributed by atoms with Crippen molar-refractivity contribution in [3.8, 4) is 5.75 Å². The fourth-order valence-electron chi connectivity index (χ4n) is 4.04. The Hall–Kier alpha value is -1.55. The van der Waals surface area contributed by atoms with Gasteiger partial charge in [-0.2, -0.15) is 0 Å². The third-order valence-corrected chi connectivity index (χ3v) is 5.25. The fraction of sp³-hybridized carbons (Fsp3) is 0.562. The number of rotatable bonds is 2. The maximum atomic E-state index is 11.8. The summed E-state index contributed by atoms with van der Waals surface area (Å²) in [7, 11) is 3.69. The van der Waals surface area contributed by atoms with E-state index in [0.717, 1.165) is 30.7 Å². The van der Waals surface area contributed by atoms with Crippen molar-refractivity contribution in [3.63, 3.8) is 0 Å². The van der Waals surface area contributed by atoms with Gasteiger partial charge in [0.1, 0.15) is 5.75 Å². The van der Waals surface area contributed by atoms with Gasteiger partial charge in [-0.05, 0) is 49.7 Å². The summed E-state index contributed by atoms with van der Waals surface area (Å²) >= 11 is 0. The molecule has 1 heterocycles. The number of ether oxygens (including phenoxy) is 1. The number of benzene rings is 1. The van der Waals surface area contributed by atoms with Gasteiger partial charge < -0.3 is 14.7 Å². The van der Waals surface area contributed by atoms with Crippen molar-refractivity contribution in [2.24, 2.45) is 5.92 Å². The van der Waals surface area contributed by atoms with Crippen molar-refractivity contribution in [3.05, 3.63) is 29.3 Å². The van der Waals surface area contributed by atoms with Gasteiger partial charge in [0.15, 0.2) is 0 Å². The average molecular weight is 275 g/mol. The van der Waals surface area contributed by atoms with Crippen LogP contribution in [0.1, 0.15) is 24.5 Å². The zero-order valence-corrected chi connectivity index (χ0v) is 12.2. The number of carbonyl (C=O) groups is 1. The Bertz CT molecular complexity index is 557. The number of likely N-dealkylation sites (N-methyl/N-ethyl adjacent to an activating group) is 1. The third kappa shape index (κ3) is 1.74. The average Bonchev–Trinajstić information content (AvgIpc) is 2.42. The molecule has 0 spiro atoms. The minimum atomic E-state index is -0.683. The minimum absolute atomic E-state index is 0.0899. The first-order valence-corrected chi connectivity index (χ1v) is 7.08. The monoisotopic (exact) mass is 275 g/mol. The number of methoxy groups -OCH3 is 1. The predicted octanol–water partition coefficient (Wildman–Crippen LogP) is 1.91. The fourth-order valence-corrected chi connectivity index (χ4v) is 4.04. The molecule has 1 N–H and O–H groups in total. The molecule has 2 bridgehead atoms. The van der Waals surface area contributed by atoms with Crippen LogP contribution in [0.3, 0.4) is 0 Å². The zero-order valence-electron chi connectivity index (χ0n) is 12.2. The summed E-state index contributed by atoms with van der Waals surface area (Å²) < 4.78 is 5.32. The number of hydrogen-bond acceptors (Lipinski definition) is 3. The van der Waals surface area contributed by atoms with Crippen LogP contribution < -0.4 is 4.74 Å². The minimum Gasteiger partial charge on any atom is -0.497 e. The summed E-state index contributed by atoms with van der Waals surface area (Å²) in [5.41, 5.74) is 2.13. The number of fused-ring (bicyclic) bond motifs is 4. The van der Waals surface area contributed by atoms with Gasteiger partial charge in [-0.3, -0.25) is 4.79 Å². The van der Waals surface area contributed by atoms with Crippen molar-refractivity contribution in [1.29, 1.82) is 0 Å². The van der Waals surface area contributed by atoms with Crippen LogP contribution in [0.15, 0.2) is 18.2 Å². The highest BCUT2D eigenvalue weighted by Gasteiger charge is 2.53. The van der Waals surface area contributed by atoms with E-state index in [0.29, 0.717) is 0 Å². The first-order chi connectivity index (χ1) is 9.47. The van der Waals surface area contributed by atoms with Crippen LogP contribution in [-0.4, -0.2) is 42.7 Å². The second-order valence-corrected chi connectivity index (χ2v) is 6.26. The SMILES string of the molecule is COc1ccc2c(c1)C1(C)CCN(C)C(C2)C1C(=O)O. The number of piperidine rings is 1. The zero-order chi connectivity index (χ0) is 14.5. The summed E-state index contributed by atoms with van der Waals surface area (Å²) in [6, 6.07) is 6.19. The Morgan fingerprint density at radius 3 is 2.90 bits per heavy atom. The van der Waals surface area contributed by atoms with Crippen molar-refractivity contribution >= 4 is 5.97 Å². The molecule has 2 aliphatic rings. The van der Waals surface area contributed by atoms with Gasteiger partial charge in [0.05, 0.1) is 13.0 Å². The Morgan fingerprint density at radius 2 is 2.25 bits per heavy atom. The van der Waals surface area contributed by atoms with Crippen molar-refractivity contribution in [2.75, 3.05) is 20.7 Å². The van der Waals surface area contributed by atoms with Crippen LogP contribution in [-0.2, 0) is 16.6 Å². The molecule has 3 atom stereocenters. The van der Waals surface area contributed by atoms with E-state index in [4.69, 9.17) is 4.74 Å². The molecule has 0 aromatic heterocycles. The van der Waals surface area contributed by atoms with E-state index in [2.05, 4.69) is 17.9 Å². The molecule has 4 nitrogen and oxygen atoms in total. The lowest BCUT2D eigenvalue weighted by molar-refractivity contribution is -0.150.